The Bertz CT molecular complexity index is 1830. The third-order valence-electron chi connectivity index (χ3n) is 6.13. The zero-order valence-corrected chi connectivity index (χ0v) is 16.9. The van der Waals surface area contributed by atoms with E-state index in [1.165, 1.54) is 12.1 Å². The number of aromatic nitrogens is 1. The maximum absolute atomic E-state index is 13.6. The zero-order chi connectivity index (χ0) is 22.0. The summed E-state index contributed by atoms with van der Waals surface area (Å²) >= 11 is 0. The Balaban J connectivity index is 1.93. The van der Waals surface area contributed by atoms with E-state index in [1.807, 2.05) is 40.8 Å². The first kappa shape index (κ1) is 18.5. The lowest BCUT2D eigenvalue weighted by Gasteiger charge is -2.16. The molecule has 0 saturated heterocycles. The zero-order valence-electron chi connectivity index (χ0n) is 16.9. The van der Waals surface area contributed by atoms with Gasteiger partial charge in [0.15, 0.2) is 10.9 Å². The highest BCUT2D eigenvalue weighted by Gasteiger charge is 2.18. The van der Waals surface area contributed by atoms with Gasteiger partial charge in [0.25, 0.3) is 0 Å². The molecule has 0 amide bonds. The second-order valence-corrected chi connectivity index (χ2v) is 7.92. The van der Waals surface area contributed by atoms with Crippen LogP contribution in [-0.2, 0) is 0 Å². The minimum absolute atomic E-state index is 0.129. The summed E-state index contributed by atoms with van der Waals surface area (Å²) < 4.78 is 15.5. The summed E-state index contributed by atoms with van der Waals surface area (Å²) in [4.78, 5) is 27.1. The summed E-state index contributed by atoms with van der Waals surface area (Å²) in [6.07, 6.45) is 1.71. The topological polar surface area (TPSA) is 38.5 Å². The highest BCUT2D eigenvalue weighted by molar-refractivity contribution is 6.09. The Labute approximate surface area is 181 Å². The van der Waals surface area contributed by atoms with Crippen molar-refractivity contribution < 1.29 is 4.39 Å². The van der Waals surface area contributed by atoms with Crippen LogP contribution >= 0.6 is 0 Å². The quantitative estimate of drug-likeness (QED) is 0.256. The lowest BCUT2D eigenvalue weighted by molar-refractivity contribution is 0.628. The van der Waals surface area contributed by atoms with Gasteiger partial charge in [-0.2, -0.15) is 0 Å². The van der Waals surface area contributed by atoms with Crippen LogP contribution in [0.15, 0.2) is 95.0 Å². The largest absolute Gasteiger partial charge is 0.308 e. The monoisotopic (exact) mass is 417 g/mol. The number of pyridine rings is 2. The molecule has 2 heterocycles. The van der Waals surface area contributed by atoms with Gasteiger partial charge in [-0.05, 0) is 65.2 Å². The van der Waals surface area contributed by atoms with Gasteiger partial charge < -0.3 is 4.40 Å². The second-order valence-electron chi connectivity index (χ2n) is 7.92. The van der Waals surface area contributed by atoms with Crippen LogP contribution in [0.3, 0.4) is 0 Å². The average Bonchev–Trinajstić information content (AvgIpc) is 2.83. The van der Waals surface area contributed by atoms with Crippen molar-refractivity contribution in [3.8, 4) is 11.1 Å². The van der Waals surface area contributed by atoms with Gasteiger partial charge in [0.1, 0.15) is 5.82 Å². The van der Waals surface area contributed by atoms with Gasteiger partial charge in [-0.1, -0.05) is 43.0 Å². The Morgan fingerprint density at radius 2 is 1.34 bits per heavy atom. The number of halogens is 1. The second kappa shape index (κ2) is 6.59. The normalized spacial score (nSPS) is 11.7. The summed E-state index contributed by atoms with van der Waals surface area (Å²) in [6, 6.07) is 22.7. The maximum Gasteiger partial charge on any atom is 0.197 e. The van der Waals surface area contributed by atoms with E-state index in [1.54, 1.807) is 36.4 Å². The van der Waals surface area contributed by atoms with Gasteiger partial charge >= 0.3 is 0 Å². The molecule has 0 spiro atoms. The minimum Gasteiger partial charge on any atom is -0.308 e. The van der Waals surface area contributed by atoms with E-state index in [4.69, 9.17) is 0 Å². The van der Waals surface area contributed by atoms with Gasteiger partial charge in [-0.3, -0.25) is 9.59 Å². The number of rotatable bonds is 2. The van der Waals surface area contributed by atoms with Crippen LogP contribution in [0.2, 0.25) is 0 Å². The van der Waals surface area contributed by atoms with Gasteiger partial charge in [-0.25, -0.2) is 4.39 Å². The van der Waals surface area contributed by atoms with E-state index in [0.29, 0.717) is 32.6 Å². The van der Waals surface area contributed by atoms with Crippen LogP contribution in [0.4, 0.5) is 4.39 Å². The van der Waals surface area contributed by atoms with E-state index >= 15 is 0 Å². The van der Waals surface area contributed by atoms with Crippen molar-refractivity contribution in [2.75, 3.05) is 0 Å². The highest BCUT2D eigenvalue weighted by Crippen LogP contribution is 2.31. The molecule has 6 aromatic rings. The molecular formula is C28H16FNO2. The molecule has 4 heteroatoms. The predicted molar refractivity (Wildman–Crippen MR) is 129 cm³/mol. The average molecular weight is 417 g/mol. The van der Waals surface area contributed by atoms with Crippen LogP contribution in [0, 0.1) is 5.82 Å². The number of hydrogen-bond donors (Lipinski definition) is 0. The summed E-state index contributed by atoms with van der Waals surface area (Å²) in [5.41, 5.74) is 4.10. The smallest absolute Gasteiger partial charge is 0.197 e. The lowest BCUT2D eigenvalue weighted by atomic mass is 9.96. The standard InChI is InChI=1S/C28H16FNO2/c1-2-16-7-12-25-21(13-16)28(32)23-15-18(17-8-10-19(29)11-9-17)14-22-26(23)30(25)24-6-4-3-5-20(24)27(22)31/h2-15H,1H2. The Morgan fingerprint density at radius 3 is 2.06 bits per heavy atom. The molecule has 0 saturated carbocycles. The summed E-state index contributed by atoms with van der Waals surface area (Å²) in [5, 5.41) is 2.06. The van der Waals surface area contributed by atoms with Crippen molar-refractivity contribution in [2.24, 2.45) is 0 Å². The maximum atomic E-state index is 13.6. The first-order chi connectivity index (χ1) is 15.6. The fourth-order valence-electron chi connectivity index (χ4n) is 4.61. The van der Waals surface area contributed by atoms with Crippen molar-refractivity contribution >= 4 is 44.2 Å². The highest BCUT2D eigenvalue weighted by atomic mass is 19.1. The molecule has 6 rings (SSSR count). The molecule has 0 N–H and O–H groups in total. The van der Waals surface area contributed by atoms with Gasteiger partial charge in [0.05, 0.1) is 16.6 Å². The summed E-state index contributed by atoms with van der Waals surface area (Å²) in [5.74, 6) is -0.341. The molecule has 0 aliphatic heterocycles. The minimum atomic E-state index is -0.341. The molecule has 4 aromatic carbocycles. The molecule has 0 aliphatic rings. The molecule has 0 fully saturated rings. The molecule has 0 radical (unpaired) electrons. The Kier molecular flexibility index (Phi) is 3.80. The molecule has 32 heavy (non-hydrogen) atoms. The van der Waals surface area contributed by atoms with Crippen LogP contribution in [0.1, 0.15) is 5.56 Å². The fraction of sp³-hybridized carbons (Fsp3) is 0. The molecule has 0 bridgehead atoms. The Hall–Kier alpha value is -4.31. The van der Waals surface area contributed by atoms with Crippen molar-refractivity contribution in [2.45, 2.75) is 0 Å². The van der Waals surface area contributed by atoms with Crippen LogP contribution in [-0.4, -0.2) is 4.40 Å². The number of nitrogens with zero attached hydrogens (tertiary/aromatic N) is 1. The molecule has 0 atom stereocenters. The van der Waals surface area contributed by atoms with E-state index in [0.717, 1.165) is 22.2 Å². The predicted octanol–water partition coefficient (Wildman–Crippen LogP) is 6.01. The molecule has 0 aliphatic carbocycles. The first-order valence-corrected chi connectivity index (χ1v) is 10.3. The van der Waals surface area contributed by atoms with E-state index < -0.39 is 0 Å². The van der Waals surface area contributed by atoms with Gasteiger partial charge in [-0.15, -0.1) is 0 Å². The molecule has 0 unspecified atom stereocenters. The van der Waals surface area contributed by atoms with E-state index in [2.05, 4.69) is 6.58 Å². The molecular weight excluding hydrogens is 401 g/mol. The molecule has 3 nitrogen and oxygen atoms in total. The molecule has 2 aromatic heterocycles. The third kappa shape index (κ3) is 2.47. The summed E-state index contributed by atoms with van der Waals surface area (Å²) in [7, 11) is 0. The van der Waals surface area contributed by atoms with Gasteiger partial charge in [0.2, 0.25) is 0 Å². The number of para-hydroxylation sites is 1. The van der Waals surface area contributed by atoms with Crippen LogP contribution < -0.4 is 10.9 Å². The van der Waals surface area contributed by atoms with E-state index in [-0.39, 0.29) is 16.7 Å². The summed E-state index contributed by atoms with van der Waals surface area (Å²) in [6.45, 7) is 3.82. The first-order valence-electron chi connectivity index (χ1n) is 10.3. The van der Waals surface area contributed by atoms with Crippen molar-refractivity contribution in [1.82, 2.24) is 4.40 Å². The molecule has 152 valence electrons. The van der Waals surface area contributed by atoms with Crippen molar-refractivity contribution in [3.63, 3.8) is 0 Å². The van der Waals surface area contributed by atoms with E-state index in [9.17, 15) is 14.0 Å². The SMILES string of the molecule is C=Cc1ccc2c(c1)c(=O)c1cc(-c3ccc(F)cc3)cc3c(=O)c4ccccc4n2c31. The Morgan fingerprint density at radius 1 is 0.688 bits per heavy atom. The number of hydrogen-bond acceptors (Lipinski definition) is 2. The van der Waals surface area contributed by atoms with Crippen LogP contribution in [0.5, 0.6) is 0 Å². The van der Waals surface area contributed by atoms with Gasteiger partial charge in [0, 0.05) is 21.5 Å². The third-order valence-corrected chi connectivity index (χ3v) is 6.13. The van der Waals surface area contributed by atoms with Crippen molar-refractivity contribution in [1.29, 1.82) is 0 Å². The van der Waals surface area contributed by atoms with Crippen molar-refractivity contribution in [3.05, 3.63) is 117 Å². The van der Waals surface area contributed by atoms with Crippen LogP contribution in [0.25, 0.3) is 55.3 Å². The number of fused-ring (bicyclic) bond motifs is 4. The number of benzene rings is 4. The fourth-order valence-corrected chi connectivity index (χ4v) is 4.61. The lowest BCUT2D eigenvalue weighted by Crippen LogP contribution is -2.14.